The summed E-state index contributed by atoms with van der Waals surface area (Å²) in [7, 11) is -3.81. The second-order valence-corrected chi connectivity index (χ2v) is 8.86. The quantitative estimate of drug-likeness (QED) is 0.635. The van der Waals surface area contributed by atoms with E-state index in [4.69, 9.17) is 27.9 Å². The van der Waals surface area contributed by atoms with Crippen LogP contribution in [0.25, 0.3) is 0 Å². The van der Waals surface area contributed by atoms with E-state index in [1.807, 2.05) is 0 Å². The number of amides is 1. The summed E-state index contributed by atoms with van der Waals surface area (Å²) in [4.78, 5) is 24.6. The van der Waals surface area contributed by atoms with Gasteiger partial charge in [-0.3, -0.25) is 9.10 Å². The van der Waals surface area contributed by atoms with Crippen molar-refractivity contribution in [3.63, 3.8) is 0 Å². The van der Waals surface area contributed by atoms with Gasteiger partial charge in [0.1, 0.15) is 6.54 Å². The first-order valence-electron chi connectivity index (χ1n) is 8.54. The van der Waals surface area contributed by atoms with Gasteiger partial charge in [0.2, 0.25) is 15.9 Å². The van der Waals surface area contributed by atoms with E-state index in [-0.39, 0.29) is 17.3 Å². The zero-order chi connectivity index (χ0) is 21.8. The first kappa shape index (κ1) is 23.0. The molecule has 1 N–H and O–H groups in total. The highest BCUT2D eigenvalue weighted by molar-refractivity contribution is 7.92. The van der Waals surface area contributed by atoms with E-state index in [0.717, 1.165) is 10.6 Å². The van der Waals surface area contributed by atoms with Crippen molar-refractivity contribution in [3.05, 3.63) is 57.6 Å². The number of sulfonamides is 1. The van der Waals surface area contributed by atoms with Crippen LogP contribution in [-0.2, 0) is 19.6 Å². The van der Waals surface area contributed by atoms with Crippen LogP contribution in [0.2, 0.25) is 10.0 Å². The van der Waals surface area contributed by atoms with Crippen molar-refractivity contribution in [1.82, 2.24) is 0 Å². The molecule has 0 radical (unpaired) electrons. The lowest BCUT2D eigenvalue weighted by Gasteiger charge is -2.23. The maximum atomic E-state index is 12.6. The molecule has 2 aromatic carbocycles. The van der Waals surface area contributed by atoms with E-state index in [9.17, 15) is 18.0 Å². The molecule has 2 rings (SSSR count). The van der Waals surface area contributed by atoms with Crippen LogP contribution in [0.3, 0.4) is 0 Å². The van der Waals surface area contributed by atoms with Crippen LogP contribution in [0.1, 0.15) is 22.8 Å². The number of hydrogen-bond acceptors (Lipinski definition) is 5. The van der Waals surface area contributed by atoms with Crippen molar-refractivity contribution in [1.29, 1.82) is 0 Å². The van der Waals surface area contributed by atoms with E-state index >= 15 is 0 Å². The summed E-state index contributed by atoms with van der Waals surface area (Å²) in [6, 6.07) is 9.08. The van der Waals surface area contributed by atoms with Crippen LogP contribution < -0.4 is 9.62 Å². The Morgan fingerprint density at radius 1 is 1.17 bits per heavy atom. The number of benzene rings is 2. The molecule has 0 fully saturated rings. The lowest BCUT2D eigenvalue weighted by molar-refractivity contribution is -0.114. The molecular weight excluding hydrogens is 439 g/mol. The molecule has 29 heavy (non-hydrogen) atoms. The van der Waals surface area contributed by atoms with Crippen LogP contribution >= 0.6 is 23.2 Å². The largest absolute Gasteiger partial charge is 0.462 e. The molecule has 0 heterocycles. The number of ether oxygens (including phenoxy) is 1. The van der Waals surface area contributed by atoms with Crippen molar-refractivity contribution in [2.45, 2.75) is 13.8 Å². The topological polar surface area (TPSA) is 92.8 Å². The zero-order valence-electron chi connectivity index (χ0n) is 16.0. The van der Waals surface area contributed by atoms with Crippen LogP contribution in [0.5, 0.6) is 0 Å². The number of hydrogen-bond donors (Lipinski definition) is 1. The lowest BCUT2D eigenvalue weighted by Crippen LogP contribution is -2.37. The first-order valence-corrected chi connectivity index (χ1v) is 11.1. The monoisotopic (exact) mass is 458 g/mol. The van der Waals surface area contributed by atoms with E-state index in [1.54, 1.807) is 32.0 Å². The summed E-state index contributed by atoms with van der Waals surface area (Å²) < 4.78 is 30.3. The van der Waals surface area contributed by atoms with Crippen molar-refractivity contribution >= 4 is 56.5 Å². The molecule has 0 atom stereocenters. The SMILES string of the molecule is CCOC(=O)c1cccc(NC(=O)CN(c2ccc(Cl)cc2Cl)S(C)(=O)=O)c1C. The molecule has 0 aliphatic carbocycles. The molecule has 0 saturated carbocycles. The van der Waals surface area contributed by atoms with Gasteiger partial charge in [-0.1, -0.05) is 29.3 Å². The molecule has 156 valence electrons. The molecule has 0 saturated heterocycles. The summed E-state index contributed by atoms with van der Waals surface area (Å²) in [5.74, 6) is -1.11. The van der Waals surface area contributed by atoms with E-state index in [2.05, 4.69) is 5.32 Å². The molecule has 0 unspecified atom stereocenters. The van der Waals surface area contributed by atoms with Gasteiger partial charge in [0.05, 0.1) is 29.1 Å². The second kappa shape index (κ2) is 9.47. The third-order valence-electron chi connectivity index (χ3n) is 3.97. The fourth-order valence-electron chi connectivity index (χ4n) is 2.59. The lowest BCUT2D eigenvalue weighted by atomic mass is 10.1. The average Bonchev–Trinajstić information content (AvgIpc) is 2.61. The van der Waals surface area contributed by atoms with Crippen molar-refractivity contribution in [3.8, 4) is 0 Å². The predicted molar refractivity (Wildman–Crippen MR) is 114 cm³/mol. The fourth-order valence-corrected chi connectivity index (χ4v) is 4.01. The zero-order valence-corrected chi connectivity index (χ0v) is 18.4. The molecule has 0 bridgehead atoms. The number of rotatable bonds is 7. The van der Waals surface area contributed by atoms with Crippen LogP contribution in [0.15, 0.2) is 36.4 Å². The molecule has 0 aliphatic rings. The Balaban J connectivity index is 2.28. The standard InChI is InChI=1S/C19H20Cl2N2O5S/c1-4-28-19(25)14-6-5-7-16(12(14)2)22-18(24)11-23(29(3,26)27)17-9-8-13(20)10-15(17)21/h5-10H,4,11H2,1-3H3,(H,22,24). The van der Waals surface area contributed by atoms with Gasteiger partial charge in [-0.25, -0.2) is 13.2 Å². The average molecular weight is 459 g/mol. The number of carbonyl (C=O) groups excluding carboxylic acids is 2. The first-order chi connectivity index (χ1) is 13.5. The third kappa shape index (κ3) is 5.85. The Morgan fingerprint density at radius 2 is 1.86 bits per heavy atom. The van der Waals surface area contributed by atoms with Gasteiger partial charge >= 0.3 is 5.97 Å². The van der Waals surface area contributed by atoms with Crippen LogP contribution in [0.4, 0.5) is 11.4 Å². The van der Waals surface area contributed by atoms with E-state index in [0.29, 0.717) is 21.8 Å². The highest BCUT2D eigenvalue weighted by atomic mass is 35.5. The number of nitrogens with one attached hydrogen (secondary N) is 1. The molecular formula is C19H20Cl2N2O5S. The maximum Gasteiger partial charge on any atom is 0.338 e. The van der Waals surface area contributed by atoms with Crippen molar-refractivity contribution in [2.75, 3.05) is 29.0 Å². The molecule has 1 amide bonds. The molecule has 0 aromatic heterocycles. The summed E-state index contributed by atoms with van der Waals surface area (Å²) in [5, 5.41) is 3.06. The second-order valence-electron chi connectivity index (χ2n) is 6.11. The summed E-state index contributed by atoms with van der Waals surface area (Å²) in [5.41, 5.74) is 1.32. The number of carbonyl (C=O) groups is 2. The third-order valence-corrected chi connectivity index (χ3v) is 5.63. The predicted octanol–water partition coefficient (Wildman–Crippen LogP) is 3.88. The normalized spacial score (nSPS) is 11.1. The van der Waals surface area contributed by atoms with Gasteiger partial charge in [0.25, 0.3) is 0 Å². The van der Waals surface area contributed by atoms with E-state index < -0.39 is 28.4 Å². The number of halogens is 2. The maximum absolute atomic E-state index is 12.6. The number of anilines is 2. The highest BCUT2D eigenvalue weighted by Gasteiger charge is 2.24. The van der Waals surface area contributed by atoms with Crippen LogP contribution in [-0.4, -0.2) is 39.7 Å². The minimum atomic E-state index is -3.81. The minimum absolute atomic E-state index is 0.0937. The Kier molecular flexibility index (Phi) is 7.51. The van der Waals surface area contributed by atoms with Gasteiger partial charge < -0.3 is 10.1 Å². The Morgan fingerprint density at radius 3 is 2.45 bits per heavy atom. The fraction of sp³-hybridized carbons (Fsp3) is 0.263. The molecule has 0 spiro atoms. The summed E-state index contributed by atoms with van der Waals surface area (Å²) in [6.45, 7) is 3.07. The highest BCUT2D eigenvalue weighted by Crippen LogP contribution is 2.30. The van der Waals surface area contributed by atoms with Gasteiger partial charge in [-0.15, -0.1) is 0 Å². The van der Waals surface area contributed by atoms with Crippen molar-refractivity contribution in [2.24, 2.45) is 0 Å². The summed E-state index contributed by atoms with van der Waals surface area (Å²) in [6.07, 6.45) is 0.970. The van der Waals surface area contributed by atoms with Gasteiger partial charge in [-0.05, 0) is 49.7 Å². The van der Waals surface area contributed by atoms with Crippen LogP contribution in [0, 0.1) is 6.92 Å². The number of esters is 1. The Hall–Kier alpha value is -2.29. The van der Waals surface area contributed by atoms with Crippen molar-refractivity contribution < 1.29 is 22.7 Å². The van der Waals surface area contributed by atoms with Gasteiger partial charge in [0, 0.05) is 10.7 Å². The number of nitrogens with zero attached hydrogens (tertiary/aromatic N) is 1. The van der Waals surface area contributed by atoms with Gasteiger partial charge in [0.15, 0.2) is 0 Å². The molecule has 0 aliphatic heterocycles. The molecule has 10 heteroatoms. The summed E-state index contributed by atoms with van der Waals surface area (Å²) >= 11 is 12.0. The van der Waals surface area contributed by atoms with E-state index in [1.165, 1.54) is 18.2 Å². The Labute approximate surface area is 179 Å². The smallest absolute Gasteiger partial charge is 0.338 e. The van der Waals surface area contributed by atoms with Gasteiger partial charge in [-0.2, -0.15) is 0 Å². The Bertz CT molecular complexity index is 1040. The molecule has 2 aromatic rings. The minimum Gasteiger partial charge on any atom is -0.462 e. The molecule has 7 nitrogen and oxygen atoms in total.